The predicted octanol–water partition coefficient (Wildman–Crippen LogP) is 2.30. The fourth-order valence-electron chi connectivity index (χ4n) is 2.90. The van der Waals surface area contributed by atoms with Crippen LogP contribution in [0.5, 0.6) is 5.75 Å². The molecule has 0 radical (unpaired) electrons. The Bertz CT molecular complexity index is 941. The molecule has 150 valence electrons. The molecule has 1 aliphatic heterocycles. The molecule has 7 nitrogen and oxygen atoms in total. The summed E-state index contributed by atoms with van der Waals surface area (Å²) >= 11 is 5.78. The van der Waals surface area contributed by atoms with Crippen LogP contribution in [0.4, 0.5) is 0 Å². The number of ether oxygens (including phenoxy) is 2. The maximum atomic E-state index is 12.6. The number of amides is 1. The number of methoxy groups -OCH3 is 1. The van der Waals surface area contributed by atoms with Crippen molar-refractivity contribution < 1.29 is 22.7 Å². The van der Waals surface area contributed by atoms with E-state index in [-0.39, 0.29) is 10.5 Å². The van der Waals surface area contributed by atoms with E-state index in [0.717, 1.165) is 18.7 Å². The smallest absolute Gasteiger partial charge is 0.265 e. The molecule has 2 aromatic rings. The molecule has 0 atom stereocenters. The Balaban J connectivity index is 1.79. The zero-order valence-corrected chi connectivity index (χ0v) is 16.9. The molecule has 1 heterocycles. The van der Waals surface area contributed by atoms with Crippen LogP contribution in [0.2, 0.25) is 5.02 Å². The van der Waals surface area contributed by atoms with Gasteiger partial charge in [-0.3, -0.25) is 9.69 Å². The normalized spacial score (nSPS) is 15.2. The molecule has 0 spiro atoms. The summed E-state index contributed by atoms with van der Waals surface area (Å²) in [5.41, 5.74) is 1.04. The minimum Gasteiger partial charge on any atom is -0.496 e. The van der Waals surface area contributed by atoms with Crippen molar-refractivity contribution >= 4 is 27.5 Å². The molecule has 0 aliphatic carbocycles. The molecular formula is C19H21ClN2O5S. The SMILES string of the molecule is COc1ccc(C(=O)NS(=O)(=O)c2ccc(Cl)cc2)cc1CN1CCOCC1. The van der Waals surface area contributed by atoms with Crippen LogP contribution in [0.1, 0.15) is 15.9 Å². The minimum atomic E-state index is -4.00. The van der Waals surface area contributed by atoms with E-state index in [9.17, 15) is 13.2 Å². The maximum absolute atomic E-state index is 12.6. The summed E-state index contributed by atoms with van der Waals surface area (Å²) in [6, 6.07) is 10.4. The third-order valence-corrected chi connectivity index (χ3v) is 5.99. The number of rotatable bonds is 6. The molecule has 0 bridgehead atoms. The van der Waals surface area contributed by atoms with Gasteiger partial charge >= 0.3 is 0 Å². The van der Waals surface area contributed by atoms with E-state index >= 15 is 0 Å². The largest absolute Gasteiger partial charge is 0.496 e. The first-order valence-corrected chi connectivity index (χ1v) is 10.5. The van der Waals surface area contributed by atoms with Crippen LogP contribution in [-0.4, -0.2) is 52.6 Å². The maximum Gasteiger partial charge on any atom is 0.265 e. The number of benzene rings is 2. The van der Waals surface area contributed by atoms with E-state index in [1.165, 1.54) is 30.3 Å². The van der Waals surface area contributed by atoms with Gasteiger partial charge in [0.15, 0.2) is 0 Å². The molecule has 28 heavy (non-hydrogen) atoms. The lowest BCUT2D eigenvalue weighted by Crippen LogP contribution is -2.36. The molecule has 1 amide bonds. The number of halogens is 1. The van der Waals surface area contributed by atoms with Gasteiger partial charge in [0, 0.05) is 35.8 Å². The van der Waals surface area contributed by atoms with Crippen LogP contribution in [-0.2, 0) is 21.3 Å². The summed E-state index contributed by atoms with van der Waals surface area (Å²) in [4.78, 5) is 14.7. The molecule has 1 fully saturated rings. The number of hydrogen-bond donors (Lipinski definition) is 1. The molecule has 3 rings (SSSR count). The number of hydrogen-bond acceptors (Lipinski definition) is 6. The van der Waals surface area contributed by atoms with Gasteiger partial charge in [0.1, 0.15) is 5.75 Å². The minimum absolute atomic E-state index is 0.0349. The van der Waals surface area contributed by atoms with E-state index in [0.29, 0.717) is 30.5 Å². The fourth-order valence-corrected chi connectivity index (χ4v) is 4.00. The lowest BCUT2D eigenvalue weighted by Gasteiger charge is -2.27. The van der Waals surface area contributed by atoms with Crippen LogP contribution < -0.4 is 9.46 Å². The van der Waals surface area contributed by atoms with Crippen molar-refractivity contribution in [2.45, 2.75) is 11.4 Å². The average Bonchev–Trinajstić information content (AvgIpc) is 2.68. The van der Waals surface area contributed by atoms with Crippen LogP contribution in [0.15, 0.2) is 47.4 Å². The third-order valence-electron chi connectivity index (χ3n) is 4.39. The first-order valence-electron chi connectivity index (χ1n) is 8.69. The summed E-state index contributed by atoms with van der Waals surface area (Å²) in [7, 11) is -2.44. The highest BCUT2D eigenvalue weighted by Crippen LogP contribution is 2.23. The van der Waals surface area contributed by atoms with Gasteiger partial charge in [-0.05, 0) is 42.5 Å². The Morgan fingerprint density at radius 2 is 1.86 bits per heavy atom. The van der Waals surface area contributed by atoms with Crippen molar-refractivity contribution in [1.82, 2.24) is 9.62 Å². The Morgan fingerprint density at radius 1 is 1.18 bits per heavy atom. The molecule has 2 aromatic carbocycles. The van der Waals surface area contributed by atoms with Crippen LogP contribution in [0, 0.1) is 0 Å². The first-order chi connectivity index (χ1) is 13.4. The van der Waals surface area contributed by atoms with Gasteiger partial charge < -0.3 is 9.47 Å². The highest BCUT2D eigenvalue weighted by atomic mass is 35.5. The number of nitrogens with zero attached hydrogens (tertiary/aromatic N) is 1. The van der Waals surface area contributed by atoms with Crippen LogP contribution >= 0.6 is 11.6 Å². The molecular weight excluding hydrogens is 404 g/mol. The first kappa shape index (κ1) is 20.6. The summed E-state index contributed by atoms with van der Waals surface area (Å²) < 4.78 is 37.7. The number of carbonyl (C=O) groups is 1. The van der Waals surface area contributed by atoms with E-state index in [1.54, 1.807) is 19.2 Å². The van der Waals surface area contributed by atoms with Gasteiger partial charge in [-0.1, -0.05) is 11.6 Å². The second-order valence-electron chi connectivity index (χ2n) is 6.30. The zero-order chi connectivity index (χ0) is 20.1. The Hall–Kier alpha value is -2.13. The van der Waals surface area contributed by atoms with Crippen molar-refractivity contribution in [3.05, 3.63) is 58.6 Å². The van der Waals surface area contributed by atoms with Gasteiger partial charge in [-0.2, -0.15) is 0 Å². The fraction of sp³-hybridized carbons (Fsp3) is 0.316. The van der Waals surface area contributed by atoms with Gasteiger partial charge in [0.2, 0.25) is 0 Å². The summed E-state index contributed by atoms with van der Waals surface area (Å²) in [5.74, 6) is -0.0653. The second kappa shape index (κ2) is 8.91. The average molecular weight is 425 g/mol. The molecule has 0 unspecified atom stereocenters. The Kier molecular flexibility index (Phi) is 6.56. The monoisotopic (exact) mass is 424 g/mol. The van der Waals surface area contributed by atoms with E-state index < -0.39 is 15.9 Å². The molecule has 1 N–H and O–H groups in total. The quantitative estimate of drug-likeness (QED) is 0.765. The Labute approximate surface area is 169 Å². The number of nitrogens with one attached hydrogen (secondary N) is 1. The lowest BCUT2D eigenvalue weighted by molar-refractivity contribution is 0.0338. The second-order valence-corrected chi connectivity index (χ2v) is 8.42. The number of sulfonamides is 1. The van der Waals surface area contributed by atoms with E-state index in [1.807, 2.05) is 0 Å². The summed E-state index contributed by atoms with van der Waals surface area (Å²) in [6.45, 7) is 3.45. The standard InChI is InChI=1S/C19H21ClN2O5S/c1-26-18-7-2-14(12-15(18)13-22-8-10-27-11-9-22)19(23)21-28(24,25)17-5-3-16(20)4-6-17/h2-7,12H,8-11,13H2,1H3,(H,21,23). The molecule has 0 aromatic heterocycles. The predicted molar refractivity (Wildman–Crippen MR) is 105 cm³/mol. The lowest BCUT2D eigenvalue weighted by atomic mass is 10.1. The summed E-state index contributed by atoms with van der Waals surface area (Å²) in [6.07, 6.45) is 0. The van der Waals surface area contributed by atoms with Gasteiger partial charge in [0.05, 0.1) is 25.2 Å². The van der Waals surface area contributed by atoms with Gasteiger partial charge in [0.25, 0.3) is 15.9 Å². The van der Waals surface area contributed by atoms with Crippen molar-refractivity contribution in [3.8, 4) is 5.75 Å². The number of carbonyl (C=O) groups excluding carboxylic acids is 1. The van der Waals surface area contributed by atoms with Crippen molar-refractivity contribution in [2.75, 3.05) is 33.4 Å². The van der Waals surface area contributed by atoms with E-state index in [2.05, 4.69) is 9.62 Å². The Morgan fingerprint density at radius 3 is 2.50 bits per heavy atom. The molecule has 1 saturated heterocycles. The third kappa shape index (κ3) is 5.02. The van der Waals surface area contributed by atoms with Crippen LogP contribution in [0.3, 0.4) is 0 Å². The van der Waals surface area contributed by atoms with Gasteiger partial charge in [-0.25, -0.2) is 13.1 Å². The van der Waals surface area contributed by atoms with E-state index in [4.69, 9.17) is 21.1 Å². The highest BCUT2D eigenvalue weighted by Gasteiger charge is 2.20. The zero-order valence-electron chi connectivity index (χ0n) is 15.4. The summed E-state index contributed by atoms with van der Waals surface area (Å²) in [5, 5.41) is 0.410. The topological polar surface area (TPSA) is 84.9 Å². The van der Waals surface area contributed by atoms with Gasteiger partial charge in [-0.15, -0.1) is 0 Å². The van der Waals surface area contributed by atoms with Crippen molar-refractivity contribution in [1.29, 1.82) is 0 Å². The van der Waals surface area contributed by atoms with Crippen LogP contribution in [0.25, 0.3) is 0 Å². The molecule has 1 aliphatic rings. The van der Waals surface area contributed by atoms with Crippen molar-refractivity contribution in [2.24, 2.45) is 0 Å². The molecule has 9 heteroatoms. The highest BCUT2D eigenvalue weighted by molar-refractivity contribution is 7.90. The number of morpholine rings is 1. The molecule has 0 saturated carbocycles. The van der Waals surface area contributed by atoms with Crippen molar-refractivity contribution in [3.63, 3.8) is 0 Å².